The van der Waals surface area contributed by atoms with E-state index in [1.54, 1.807) is 18.2 Å². The maximum absolute atomic E-state index is 15.1. The number of unbranched alkanes of at least 4 members (excludes halogenated alkanes) is 2. The molecule has 3 rings (SSSR count). The third-order valence-corrected chi connectivity index (χ3v) is 6.59. The molecule has 0 radical (unpaired) electrons. The van der Waals surface area contributed by atoms with Crippen LogP contribution < -0.4 is 0 Å². The molecule has 0 heterocycles. The van der Waals surface area contributed by atoms with Crippen molar-refractivity contribution < 1.29 is 13.5 Å². The predicted octanol–water partition coefficient (Wildman–Crippen LogP) is 7.52. The summed E-state index contributed by atoms with van der Waals surface area (Å²) < 4.78 is 34.6. The Morgan fingerprint density at radius 2 is 1.87 bits per heavy atom. The van der Waals surface area contributed by atoms with Crippen LogP contribution in [0.5, 0.6) is 0 Å². The Kier molecular flexibility index (Phi) is 8.28. The second-order valence-corrected chi connectivity index (χ2v) is 8.69. The van der Waals surface area contributed by atoms with E-state index in [1.165, 1.54) is 50.7 Å². The lowest BCUT2D eigenvalue weighted by atomic mass is 9.69. The van der Waals surface area contributed by atoms with Gasteiger partial charge in [-0.15, -0.1) is 0 Å². The van der Waals surface area contributed by atoms with E-state index in [9.17, 15) is 4.39 Å². The van der Waals surface area contributed by atoms with Gasteiger partial charge in [0, 0.05) is 18.6 Å². The first kappa shape index (κ1) is 22.8. The molecule has 0 aromatic heterocycles. The maximum Gasteiger partial charge on any atom is 0.124 e. The molecule has 1 aromatic rings. The van der Waals surface area contributed by atoms with E-state index in [-0.39, 0.29) is 18.1 Å². The Labute approximate surface area is 180 Å². The predicted molar refractivity (Wildman–Crippen MR) is 119 cm³/mol. The minimum Gasteiger partial charge on any atom is -0.370 e. The van der Waals surface area contributed by atoms with Gasteiger partial charge >= 0.3 is 0 Å². The van der Waals surface area contributed by atoms with Crippen LogP contribution in [0.4, 0.5) is 8.78 Å². The third kappa shape index (κ3) is 5.82. The summed E-state index contributed by atoms with van der Waals surface area (Å²) in [5, 5.41) is 0. The van der Waals surface area contributed by atoms with Crippen molar-refractivity contribution in [3.8, 4) is 11.8 Å². The molecule has 0 bridgehead atoms. The Bertz CT molecular complexity index is 821. The topological polar surface area (TPSA) is 9.23 Å². The SMILES string of the molecule is CCCCCC1CCC(C2(OCC)C=CC(C#Cc3cccc(F)c3)=C(F)C2)CC1. The lowest BCUT2D eigenvalue weighted by Gasteiger charge is -2.43. The van der Waals surface area contributed by atoms with Gasteiger partial charge in [-0.3, -0.25) is 0 Å². The first-order chi connectivity index (χ1) is 14.6. The highest BCUT2D eigenvalue weighted by atomic mass is 19.1. The number of hydrogen-bond acceptors (Lipinski definition) is 1. The van der Waals surface area contributed by atoms with Gasteiger partial charge in [-0.1, -0.05) is 69.4 Å². The fourth-order valence-electron chi connectivity index (χ4n) is 4.92. The number of hydrogen-bond donors (Lipinski definition) is 0. The lowest BCUT2D eigenvalue weighted by Crippen LogP contribution is -2.42. The zero-order valence-electron chi connectivity index (χ0n) is 18.4. The molecular formula is C27H34F2O. The van der Waals surface area contributed by atoms with Crippen LogP contribution in [0, 0.1) is 29.5 Å². The summed E-state index contributed by atoms with van der Waals surface area (Å²) in [7, 11) is 0. The van der Waals surface area contributed by atoms with Crippen molar-refractivity contribution in [2.75, 3.05) is 6.61 Å². The van der Waals surface area contributed by atoms with Crippen LogP contribution in [0.25, 0.3) is 0 Å². The van der Waals surface area contributed by atoms with Crippen LogP contribution in [-0.4, -0.2) is 12.2 Å². The Morgan fingerprint density at radius 1 is 1.07 bits per heavy atom. The molecule has 2 aliphatic carbocycles. The van der Waals surface area contributed by atoms with Gasteiger partial charge in [0.1, 0.15) is 11.6 Å². The van der Waals surface area contributed by atoms with E-state index >= 15 is 4.39 Å². The molecule has 1 nitrogen and oxygen atoms in total. The third-order valence-electron chi connectivity index (χ3n) is 6.59. The van der Waals surface area contributed by atoms with Gasteiger partial charge in [0.2, 0.25) is 0 Å². The van der Waals surface area contributed by atoms with Crippen LogP contribution >= 0.6 is 0 Å². The van der Waals surface area contributed by atoms with Gasteiger partial charge in [-0.25, -0.2) is 8.78 Å². The van der Waals surface area contributed by atoms with Gasteiger partial charge < -0.3 is 4.74 Å². The minimum atomic E-state index is -0.558. The molecule has 0 saturated heterocycles. The molecule has 162 valence electrons. The van der Waals surface area contributed by atoms with Crippen LogP contribution in [0.15, 0.2) is 47.8 Å². The van der Waals surface area contributed by atoms with Gasteiger partial charge in [-0.2, -0.15) is 0 Å². The minimum absolute atomic E-state index is 0.222. The van der Waals surface area contributed by atoms with Crippen LogP contribution in [0.3, 0.4) is 0 Å². The van der Waals surface area contributed by atoms with E-state index in [0.29, 0.717) is 23.7 Å². The monoisotopic (exact) mass is 412 g/mol. The molecule has 1 fully saturated rings. The molecule has 0 aliphatic heterocycles. The van der Waals surface area contributed by atoms with Crippen LogP contribution in [0.2, 0.25) is 0 Å². The summed E-state index contributed by atoms with van der Waals surface area (Å²) in [5.41, 5.74) is 0.367. The number of benzene rings is 1. The van der Waals surface area contributed by atoms with Gasteiger partial charge in [0.25, 0.3) is 0 Å². The lowest BCUT2D eigenvalue weighted by molar-refractivity contribution is -0.0632. The standard InChI is InChI=1S/C27H34F2O/c1-3-5-6-8-21-12-15-24(16-13-21)27(30-4-2)18-17-23(26(29)20-27)14-11-22-9-7-10-25(28)19-22/h7,9-10,17-19,21,24H,3-6,8,12-13,15-16,20H2,1-2H3. The van der Waals surface area contributed by atoms with Gasteiger partial charge in [-0.05, 0) is 55.9 Å². The number of ether oxygens (including phenoxy) is 1. The van der Waals surface area contributed by atoms with E-state index in [2.05, 4.69) is 18.8 Å². The zero-order chi connectivity index (χ0) is 21.4. The van der Waals surface area contributed by atoms with Crippen molar-refractivity contribution in [2.24, 2.45) is 11.8 Å². The maximum atomic E-state index is 15.1. The second-order valence-electron chi connectivity index (χ2n) is 8.69. The average molecular weight is 413 g/mol. The Morgan fingerprint density at radius 3 is 2.53 bits per heavy atom. The second kappa shape index (κ2) is 10.9. The number of allylic oxidation sites excluding steroid dienone is 2. The van der Waals surface area contributed by atoms with Crippen molar-refractivity contribution in [1.82, 2.24) is 0 Å². The van der Waals surface area contributed by atoms with Gasteiger partial charge in [0.15, 0.2) is 0 Å². The van der Waals surface area contributed by atoms with Crippen molar-refractivity contribution in [2.45, 2.75) is 77.2 Å². The van der Waals surface area contributed by atoms with E-state index in [4.69, 9.17) is 4.74 Å². The summed E-state index contributed by atoms with van der Waals surface area (Å²) >= 11 is 0. The van der Waals surface area contributed by atoms with E-state index < -0.39 is 5.60 Å². The Hall–Kier alpha value is -1.92. The summed E-state index contributed by atoms with van der Waals surface area (Å²) in [6.45, 7) is 4.79. The van der Waals surface area contributed by atoms with Gasteiger partial charge in [0.05, 0.1) is 11.2 Å². The zero-order valence-corrected chi connectivity index (χ0v) is 18.4. The smallest absolute Gasteiger partial charge is 0.124 e. The van der Waals surface area contributed by atoms with Crippen molar-refractivity contribution >= 4 is 0 Å². The van der Waals surface area contributed by atoms with Crippen LogP contribution in [0.1, 0.15) is 77.2 Å². The first-order valence-corrected chi connectivity index (χ1v) is 11.6. The number of halogens is 2. The fourth-order valence-corrected chi connectivity index (χ4v) is 4.92. The average Bonchev–Trinajstić information content (AvgIpc) is 2.74. The molecule has 0 spiro atoms. The molecule has 30 heavy (non-hydrogen) atoms. The van der Waals surface area contributed by atoms with Crippen molar-refractivity contribution in [3.63, 3.8) is 0 Å². The fraction of sp³-hybridized carbons (Fsp3) is 0.556. The molecule has 3 heteroatoms. The van der Waals surface area contributed by atoms with Crippen molar-refractivity contribution in [1.29, 1.82) is 0 Å². The number of rotatable bonds is 7. The summed E-state index contributed by atoms with van der Waals surface area (Å²) in [5.74, 6) is 6.35. The molecule has 1 unspecified atom stereocenters. The highest BCUT2D eigenvalue weighted by Gasteiger charge is 2.42. The van der Waals surface area contributed by atoms with Crippen LogP contribution in [-0.2, 0) is 4.74 Å². The molecule has 1 atom stereocenters. The molecular weight excluding hydrogens is 378 g/mol. The molecule has 2 aliphatic rings. The Balaban J connectivity index is 1.67. The molecule has 0 N–H and O–H groups in total. The molecule has 0 amide bonds. The molecule has 1 saturated carbocycles. The normalized spacial score (nSPS) is 26.4. The van der Waals surface area contributed by atoms with E-state index in [1.807, 2.05) is 13.0 Å². The summed E-state index contributed by atoms with van der Waals surface area (Å²) in [6.07, 6.45) is 13.9. The molecule has 1 aromatic carbocycles. The summed E-state index contributed by atoms with van der Waals surface area (Å²) in [6, 6.07) is 6.08. The first-order valence-electron chi connectivity index (χ1n) is 11.6. The summed E-state index contributed by atoms with van der Waals surface area (Å²) in [4.78, 5) is 0. The highest BCUT2D eigenvalue weighted by molar-refractivity contribution is 5.49. The quantitative estimate of drug-likeness (QED) is 0.332. The van der Waals surface area contributed by atoms with E-state index in [0.717, 1.165) is 18.8 Å². The highest BCUT2D eigenvalue weighted by Crippen LogP contribution is 2.45. The van der Waals surface area contributed by atoms with Crippen molar-refractivity contribution in [3.05, 3.63) is 59.2 Å². The largest absolute Gasteiger partial charge is 0.370 e.